The Morgan fingerprint density at radius 1 is 1.04 bits per heavy atom. The highest BCUT2D eigenvalue weighted by Gasteiger charge is 2.28. The number of aromatic nitrogens is 4. The Labute approximate surface area is 152 Å². The summed E-state index contributed by atoms with van der Waals surface area (Å²) in [6, 6.07) is 6.06. The molecule has 3 aromatic heterocycles. The van der Waals surface area contributed by atoms with E-state index in [0.717, 1.165) is 49.6 Å². The molecule has 0 spiro atoms. The molecule has 1 saturated carbocycles. The highest BCUT2D eigenvalue weighted by atomic mass is 16.5. The summed E-state index contributed by atoms with van der Waals surface area (Å²) in [7, 11) is 0. The number of piperidine rings is 1. The van der Waals surface area contributed by atoms with Crippen molar-refractivity contribution in [3.8, 4) is 5.75 Å². The third-order valence-electron chi connectivity index (χ3n) is 5.43. The third-order valence-corrected chi connectivity index (χ3v) is 5.43. The maximum Gasteiger partial charge on any atom is 0.154 e. The van der Waals surface area contributed by atoms with E-state index >= 15 is 0 Å². The van der Waals surface area contributed by atoms with E-state index in [2.05, 4.69) is 20.9 Å². The van der Waals surface area contributed by atoms with Crippen molar-refractivity contribution in [1.29, 1.82) is 0 Å². The third kappa shape index (κ3) is 3.11. The lowest BCUT2D eigenvalue weighted by atomic mass is 9.98. The van der Waals surface area contributed by atoms with Gasteiger partial charge in [-0.1, -0.05) is 0 Å². The second-order valence-electron chi connectivity index (χ2n) is 7.35. The summed E-state index contributed by atoms with van der Waals surface area (Å²) in [6.07, 6.45) is 12.2. The Bertz CT molecular complexity index is 882. The van der Waals surface area contributed by atoms with Crippen molar-refractivity contribution < 1.29 is 4.74 Å². The van der Waals surface area contributed by atoms with Gasteiger partial charge in [0.2, 0.25) is 0 Å². The minimum absolute atomic E-state index is 0.589. The molecular formula is C20H23N5O. The molecule has 3 aromatic rings. The highest BCUT2D eigenvalue weighted by molar-refractivity contribution is 5.69. The maximum atomic E-state index is 5.91. The quantitative estimate of drug-likeness (QED) is 0.707. The summed E-state index contributed by atoms with van der Waals surface area (Å²) >= 11 is 0. The standard InChI is InChI=1S/C20H23N5O/c1-2-16(1)18-13-19-20(22-9-12-25(19)23-18)24-10-5-15(6-11-24)14-26-17-3-7-21-8-4-17/h3-4,7-9,12-13,15-16H,1-2,5-6,10-11,14H2. The minimum atomic E-state index is 0.589. The van der Waals surface area contributed by atoms with Crippen LogP contribution in [0.1, 0.15) is 37.3 Å². The van der Waals surface area contributed by atoms with Crippen LogP contribution in [0.3, 0.4) is 0 Å². The van der Waals surface area contributed by atoms with Crippen LogP contribution in [-0.4, -0.2) is 39.3 Å². The molecule has 6 nitrogen and oxygen atoms in total. The van der Waals surface area contributed by atoms with E-state index in [4.69, 9.17) is 9.84 Å². The van der Waals surface area contributed by atoms with Gasteiger partial charge in [-0.2, -0.15) is 5.10 Å². The normalized spacial score (nSPS) is 18.4. The summed E-state index contributed by atoms with van der Waals surface area (Å²) in [4.78, 5) is 11.1. The number of fused-ring (bicyclic) bond motifs is 1. The fourth-order valence-electron chi connectivity index (χ4n) is 3.71. The molecule has 0 atom stereocenters. The Balaban J connectivity index is 1.24. The molecule has 2 aliphatic rings. The molecule has 0 unspecified atom stereocenters. The first kappa shape index (κ1) is 15.6. The van der Waals surface area contributed by atoms with Crippen LogP contribution in [0, 0.1) is 5.92 Å². The van der Waals surface area contributed by atoms with Crippen LogP contribution in [0.5, 0.6) is 5.75 Å². The molecular weight excluding hydrogens is 326 g/mol. The fraction of sp³-hybridized carbons (Fsp3) is 0.450. The Hall–Kier alpha value is -2.63. The lowest BCUT2D eigenvalue weighted by Gasteiger charge is -2.32. The molecule has 4 heterocycles. The van der Waals surface area contributed by atoms with Crippen LogP contribution in [0.15, 0.2) is 43.0 Å². The topological polar surface area (TPSA) is 55.5 Å². The predicted octanol–water partition coefficient (Wildman–Crippen LogP) is 3.30. The SMILES string of the molecule is c1cc(OCC2CCN(c3nccn4nc(C5CC5)cc34)CC2)ccn1. The Morgan fingerprint density at radius 3 is 2.62 bits per heavy atom. The predicted molar refractivity (Wildman–Crippen MR) is 99.6 cm³/mol. The van der Waals surface area contributed by atoms with Gasteiger partial charge in [0, 0.05) is 43.8 Å². The molecule has 0 amide bonds. The van der Waals surface area contributed by atoms with Crippen LogP contribution >= 0.6 is 0 Å². The van der Waals surface area contributed by atoms with Gasteiger partial charge in [-0.3, -0.25) is 4.98 Å². The summed E-state index contributed by atoms with van der Waals surface area (Å²) in [5, 5.41) is 4.73. The van der Waals surface area contributed by atoms with Crippen LogP contribution in [0.2, 0.25) is 0 Å². The lowest BCUT2D eigenvalue weighted by Crippen LogP contribution is -2.36. The number of anilines is 1. The molecule has 1 aliphatic carbocycles. The smallest absolute Gasteiger partial charge is 0.154 e. The second kappa shape index (κ2) is 6.59. The van der Waals surface area contributed by atoms with Crippen LogP contribution in [0.4, 0.5) is 5.82 Å². The van der Waals surface area contributed by atoms with E-state index in [-0.39, 0.29) is 0 Å². The van der Waals surface area contributed by atoms with E-state index in [1.807, 2.05) is 29.0 Å². The largest absolute Gasteiger partial charge is 0.493 e. The van der Waals surface area contributed by atoms with Gasteiger partial charge < -0.3 is 9.64 Å². The van der Waals surface area contributed by atoms with Gasteiger partial charge >= 0.3 is 0 Å². The molecule has 1 saturated heterocycles. The molecule has 5 rings (SSSR count). The van der Waals surface area contributed by atoms with Gasteiger partial charge in [-0.15, -0.1) is 0 Å². The molecule has 26 heavy (non-hydrogen) atoms. The fourth-order valence-corrected chi connectivity index (χ4v) is 3.71. The van der Waals surface area contributed by atoms with Crippen molar-refractivity contribution >= 4 is 11.3 Å². The summed E-state index contributed by atoms with van der Waals surface area (Å²) in [5.41, 5.74) is 2.36. The van der Waals surface area contributed by atoms with Crippen LogP contribution < -0.4 is 9.64 Å². The molecule has 1 aliphatic heterocycles. The number of pyridine rings is 1. The molecule has 0 N–H and O–H groups in total. The molecule has 6 heteroatoms. The zero-order valence-corrected chi connectivity index (χ0v) is 14.8. The summed E-state index contributed by atoms with van der Waals surface area (Å²) in [6.45, 7) is 2.80. The van der Waals surface area contributed by atoms with Crippen molar-refractivity contribution in [2.75, 3.05) is 24.6 Å². The van der Waals surface area contributed by atoms with Crippen molar-refractivity contribution in [2.45, 2.75) is 31.6 Å². The molecule has 0 bridgehead atoms. The maximum absolute atomic E-state index is 5.91. The summed E-state index contributed by atoms with van der Waals surface area (Å²) in [5.74, 6) is 3.23. The lowest BCUT2D eigenvalue weighted by molar-refractivity contribution is 0.222. The van der Waals surface area contributed by atoms with Crippen LogP contribution in [-0.2, 0) is 0 Å². The van der Waals surface area contributed by atoms with E-state index < -0.39 is 0 Å². The van der Waals surface area contributed by atoms with Gasteiger partial charge in [0.25, 0.3) is 0 Å². The Morgan fingerprint density at radius 2 is 1.85 bits per heavy atom. The zero-order chi connectivity index (χ0) is 17.3. The van der Waals surface area contributed by atoms with Gasteiger partial charge in [-0.25, -0.2) is 9.50 Å². The summed E-state index contributed by atoms with van der Waals surface area (Å²) < 4.78 is 7.90. The number of hydrogen-bond donors (Lipinski definition) is 0. The number of nitrogens with zero attached hydrogens (tertiary/aromatic N) is 5. The average Bonchev–Trinajstić information content (AvgIpc) is 3.46. The molecule has 0 radical (unpaired) electrons. The highest BCUT2D eigenvalue weighted by Crippen LogP contribution is 2.40. The molecule has 134 valence electrons. The van der Waals surface area contributed by atoms with Crippen molar-refractivity contribution in [3.63, 3.8) is 0 Å². The van der Waals surface area contributed by atoms with Gasteiger partial charge in [0.15, 0.2) is 5.82 Å². The van der Waals surface area contributed by atoms with E-state index in [1.54, 1.807) is 12.4 Å². The minimum Gasteiger partial charge on any atom is -0.493 e. The van der Waals surface area contributed by atoms with E-state index in [0.29, 0.717) is 11.8 Å². The zero-order valence-electron chi connectivity index (χ0n) is 14.8. The van der Waals surface area contributed by atoms with Crippen LogP contribution in [0.25, 0.3) is 5.52 Å². The molecule has 0 aromatic carbocycles. The molecule has 2 fully saturated rings. The number of ether oxygens (including phenoxy) is 1. The van der Waals surface area contributed by atoms with Crippen molar-refractivity contribution in [1.82, 2.24) is 19.6 Å². The first-order chi connectivity index (χ1) is 12.9. The Kier molecular flexibility index (Phi) is 3.96. The number of hydrogen-bond acceptors (Lipinski definition) is 5. The number of rotatable bonds is 5. The first-order valence-corrected chi connectivity index (χ1v) is 9.49. The monoisotopic (exact) mass is 349 g/mol. The first-order valence-electron chi connectivity index (χ1n) is 9.49. The second-order valence-corrected chi connectivity index (χ2v) is 7.35. The van der Waals surface area contributed by atoms with Gasteiger partial charge in [0.1, 0.15) is 11.3 Å². The van der Waals surface area contributed by atoms with Crippen molar-refractivity contribution in [2.24, 2.45) is 5.92 Å². The van der Waals surface area contributed by atoms with E-state index in [1.165, 1.54) is 18.5 Å². The van der Waals surface area contributed by atoms with Crippen molar-refractivity contribution in [3.05, 3.63) is 48.7 Å². The van der Waals surface area contributed by atoms with Gasteiger partial charge in [0.05, 0.1) is 12.3 Å². The van der Waals surface area contributed by atoms with E-state index in [9.17, 15) is 0 Å². The average molecular weight is 349 g/mol. The van der Waals surface area contributed by atoms with Gasteiger partial charge in [-0.05, 0) is 49.8 Å².